The van der Waals surface area contributed by atoms with Gasteiger partial charge < -0.3 is 5.32 Å². The lowest BCUT2D eigenvalue weighted by Crippen LogP contribution is -2.24. The number of rotatable bonds is 10. The second-order valence-electron chi connectivity index (χ2n) is 5.36. The van der Waals surface area contributed by atoms with Crippen LogP contribution in [0.25, 0.3) is 0 Å². The third kappa shape index (κ3) is 7.21. The fraction of sp³-hybridized carbons (Fsp3) is 0.588. The van der Waals surface area contributed by atoms with E-state index in [4.69, 9.17) is 0 Å². The third-order valence-corrected chi connectivity index (χ3v) is 3.50. The lowest BCUT2D eigenvalue weighted by Gasteiger charge is -2.06. The van der Waals surface area contributed by atoms with E-state index < -0.39 is 11.6 Å². The van der Waals surface area contributed by atoms with Gasteiger partial charge in [0.25, 0.3) is 5.91 Å². The minimum absolute atomic E-state index is 0.161. The first kappa shape index (κ1) is 17.6. The van der Waals surface area contributed by atoms with Gasteiger partial charge in [-0.05, 0) is 24.6 Å². The Balaban J connectivity index is 2.09. The van der Waals surface area contributed by atoms with E-state index in [1.165, 1.54) is 44.6 Å². The summed E-state index contributed by atoms with van der Waals surface area (Å²) in [6, 6.07) is 3.19. The van der Waals surface area contributed by atoms with Crippen molar-refractivity contribution in [2.24, 2.45) is 0 Å². The van der Waals surface area contributed by atoms with Crippen molar-refractivity contribution in [1.82, 2.24) is 5.32 Å². The number of amides is 1. The minimum Gasteiger partial charge on any atom is -0.352 e. The predicted molar refractivity (Wildman–Crippen MR) is 81.3 cm³/mol. The highest BCUT2D eigenvalue weighted by Gasteiger charge is 2.08. The number of carbonyl (C=O) groups is 1. The van der Waals surface area contributed by atoms with Gasteiger partial charge in [-0.25, -0.2) is 8.78 Å². The lowest BCUT2D eigenvalue weighted by molar-refractivity contribution is 0.0952. The van der Waals surface area contributed by atoms with Gasteiger partial charge in [0.1, 0.15) is 0 Å². The first-order valence-electron chi connectivity index (χ1n) is 7.88. The van der Waals surface area contributed by atoms with Crippen molar-refractivity contribution in [3.8, 4) is 0 Å². The molecule has 0 spiro atoms. The highest BCUT2D eigenvalue weighted by molar-refractivity contribution is 5.94. The molecule has 0 radical (unpaired) electrons. The number of hydrogen-bond acceptors (Lipinski definition) is 1. The molecule has 0 unspecified atom stereocenters. The monoisotopic (exact) mass is 297 g/mol. The summed E-state index contributed by atoms with van der Waals surface area (Å²) in [7, 11) is 0. The van der Waals surface area contributed by atoms with Crippen LogP contribution in [-0.4, -0.2) is 12.5 Å². The molecule has 0 aliphatic heterocycles. The highest BCUT2D eigenvalue weighted by atomic mass is 19.2. The van der Waals surface area contributed by atoms with Crippen LogP contribution >= 0.6 is 0 Å². The zero-order valence-electron chi connectivity index (χ0n) is 12.8. The Labute approximate surface area is 125 Å². The first-order valence-corrected chi connectivity index (χ1v) is 7.88. The summed E-state index contributed by atoms with van der Waals surface area (Å²) in [6.45, 7) is 2.78. The molecule has 1 aromatic carbocycles. The number of benzene rings is 1. The fourth-order valence-electron chi connectivity index (χ4n) is 2.20. The van der Waals surface area contributed by atoms with Gasteiger partial charge in [-0.3, -0.25) is 4.79 Å². The zero-order valence-corrected chi connectivity index (χ0v) is 12.8. The smallest absolute Gasteiger partial charge is 0.251 e. The van der Waals surface area contributed by atoms with Gasteiger partial charge >= 0.3 is 0 Å². The van der Waals surface area contributed by atoms with Crippen molar-refractivity contribution in [3.05, 3.63) is 35.4 Å². The van der Waals surface area contributed by atoms with Crippen LogP contribution in [0.2, 0.25) is 0 Å². The van der Waals surface area contributed by atoms with Crippen LogP contribution in [0.5, 0.6) is 0 Å². The maximum atomic E-state index is 13.0. The van der Waals surface area contributed by atoms with Crippen molar-refractivity contribution in [1.29, 1.82) is 0 Å². The van der Waals surface area contributed by atoms with Gasteiger partial charge in [-0.2, -0.15) is 0 Å². The van der Waals surface area contributed by atoms with Crippen LogP contribution in [0.15, 0.2) is 18.2 Å². The molecular formula is C17H25F2NO. The van der Waals surface area contributed by atoms with Crippen LogP contribution < -0.4 is 5.32 Å². The molecule has 1 rings (SSSR count). The van der Waals surface area contributed by atoms with Gasteiger partial charge in [-0.15, -0.1) is 0 Å². The molecule has 0 aliphatic carbocycles. The number of unbranched alkanes of at least 4 members (excludes halogenated alkanes) is 7. The van der Waals surface area contributed by atoms with Crippen molar-refractivity contribution < 1.29 is 13.6 Å². The van der Waals surface area contributed by atoms with Gasteiger partial charge in [0.05, 0.1) is 0 Å². The summed E-state index contributed by atoms with van der Waals surface area (Å²) in [5.41, 5.74) is 0.161. The molecule has 118 valence electrons. The molecule has 0 atom stereocenters. The van der Waals surface area contributed by atoms with Crippen molar-refractivity contribution in [3.63, 3.8) is 0 Å². The molecule has 1 amide bonds. The molecule has 21 heavy (non-hydrogen) atoms. The highest BCUT2D eigenvalue weighted by Crippen LogP contribution is 2.09. The molecule has 0 fully saturated rings. The molecule has 0 saturated heterocycles. The number of hydrogen-bond donors (Lipinski definition) is 1. The maximum absolute atomic E-state index is 13.0. The van der Waals surface area contributed by atoms with Crippen LogP contribution in [0.4, 0.5) is 8.78 Å². The van der Waals surface area contributed by atoms with E-state index in [1.54, 1.807) is 0 Å². The van der Waals surface area contributed by atoms with Crippen molar-refractivity contribution >= 4 is 5.91 Å². The number of nitrogens with one attached hydrogen (secondary N) is 1. The summed E-state index contributed by atoms with van der Waals surface area (Å²) in [5.74, 6) is -2.28. The molecule has 1 N–H and O–H groups in total. The minimum atomic E-state index is -0.991. The molecule has 0 heterocycles. The van der Waals surface area contributed by atoms with Gasteiger partial charge in [0, 0.05) is 12.1 Å². The average molecular weight is 297 g/mol. The quantitative estimate of drug-likeness (QED) is 0.615. The predicted octanol–water partition coefficient (Wildman–Crippen LogP) is 4.84. The van der Waals surface area contributed by atoms with E-state index in [0.717, 1.165) is 25.0 Å². The van der Waals surface area contributed by atoms with Gasteiger partial charge in [-0.1, -0.05) is 51.9 Å². The van der Waals surface area contributed by atoms with E-state index in [0.29, 0.717) is 6.54 Å². The van der Waals surface area contributed by atoms with Crippen molar-refractivity contribution in [2.75, 3.05) is 6.54 Å². The Morgan fingerprint density at radius 1 is 0.952 bits per heavy atom. The van der Waals surface area contributed by atoms with Crippen LogP contribution in [0.3, 0.4) is 0 Å². The average Bonchev–Trinajstić information content (AvgIpc) is 2.48. The van der Waals surface area contributed by atoms with Gasteiger partial charge in [0.15, 0.2) is 11.6 Å². The molecule has 4 heteroatoms. The largest absolute Gasteiger partial charge is 0.352 e. The SMILES string of the molecule is CCCCCCCCCCNC(=O)c1ccc(F)c(F)c1. The molecule has 0 aromatic heterocycles. The maximum Gasteiger partial charge on any atom is 0.251 e. The molecule has 1 aromatic rings. The third-order valence-electron chi connectivity index (χ3n) is 3.50. The van der Waals surface area contributed by atoms with E-state index >= 15 is 0 Å². The van der Waals surface area contributed by atoms with Gasteiger partial charge in [0.2, 0.25) is 0 Å². The molecular weight excluding hydrogens is 272 g/mol. The topological polar surface area (TPSA) is 29.1 Å². The van der Waals surface area contributed by atoms with Crippen molar-refractivity contribution in [2.45, 2.75) is 58.3 Å². The molecule has 2 nitrogen and oxygen atoms in total. The molecule has 0 bridgehead atoms. The van der Waals surface area contributed by atoms with Crippen LogP contribution in [0, 0.1) is 11.6 Å². The Kier molecular flexibility index (Phi) is 8.63. The summed E-state index contributed by atoms with van der Waals surface area (Å²) >= 11 is 0. The second-order valence-corrected chi connectivity index (χ2v) is 5.36. The Hall–Kier alpha value is -1.45. The summed E-state index contributed by atoms with van der Waals surface area (Å²) < 4.78 is 25.8. The van der Waals surface area contributed by atoms with Crippen LogP contribution in [0.1, 0.15) is 68.6 Å². The van der Waals surface area contributed by atoms with E-state index in [2.05, 4.69) is 12.2 Å². The Morgan fingerprint density at radius 2 is 1.57 bits per heavy atom. The summed E-state index contributed by atoms with van der Waals surface area (Å²) in [6.07, 6.45) is 9.61. The summed E-state index contributed by atoms with van der Waals surface area (Å²) in [5, 5.41) is 2.73. The normalized spacial score (nSPS) is 10.6. The number of carbonyl (C=O) groups excluding carboxylic acids is 1. The fourth-order valence-corrected chi connectivity index (χ4v) is 2.20. The number of halogens is 2. The first-order chi connectivity index (χ1) is 10.1. The van der Waals surface area contributed by atoms with E-state index in [-0.39, 0.29) is 11.5 Å². The lowest BCUT2D eigenvalue weighted by atomic mass is 10.1. The molecule has 0 aliphatic rings. The van der Waals surface area contributed by atoms with Crippen LogP contribution in [-0.2, 0) is 0 Å². The Bertz CT molecular complexity index is 435. The zero-order chi connectivity index (χ0) is 15.5. The molecule has 0 saturated carbocycles. The standard InChI is InChI=1S/C17H25F2NO/c1-2-3-4-5-6-7-8-9-12-20-17(21)14-10-11-15(18)16(19)13-14/h10-11,13H,2-9,12H2,1H3,(H,20,21). The van der Waals surface area contributed by atoms with E-state index in [1.807, 2.05) is 0 Å². The second kappa shape index (κ2) is 10.3. The van der Waals surface area contributed by atoms with E-state index in [9.17, 15) is 13.6 Å². The Morgan fingerprint density at radius 3 is 2.19 bits per heavy atom. The summed E-state index contributed by atoms with van der Waals surface area (Å²) in [4.78, 5) is 11.7.